The smallest absolute Gasteiger partial charge is 0.330 e. The zero-order valence-electron chi connectivity index (χ0n) is 14.9. The van der Waals surface area contributed by atoms with Crippen molar-refractivity contribution in [1.29, 1.82) is 0 Å². The molecule has 1 fully saturated rings. The molecule has 0 aliphatic heterocycles. The van der Waals surface area contributed by atoms with E-state index in [0.717, 1.165) is 12.8 Å². The number of allylic oxidation sites excluding steroid dienone is 2. The minimum absolute atomic E-state index is 0.310. The van der Waals surface area contributed by atoms with E-state index in [2.05, 4.69) is 10.5 Å². The first-order valence-electron chi connectivity index (χ1n) is 9.52. The quantitative estimate of drug-likeness (QED) is 0.259. The maximum atomic E-state index is 11.0. The summed E-state index contributed by atoms with van der Waals surface area (Å²) in [5.74, 6) is -0.310. The summed E-state index contributed by atoms with van der Waals surface area (Å²) in [6.45, 7) is 0. The molecule has 2 heteroatoms. The summed E-state index contributed by atoms with van der Waals surface area (Å²) in [5.41, 5.74) is 4.80. The van der Waals surface area contributed by atoms with E-state index in [4.69, 9.17) is 0 Å². The molecule has 0 aromatic rings. The van der Waals surface area contributed by atoms with E-state index in [-0.39, 0.29) is 5.97 Å². The molecule has 130 valence electrons. The zero-order chi connectivity index (χ0) is 16.6. The minimum Gasteiger partial charge on any atom is -0.466 e. The van der Waals surface area contributed by atoms with Gasteiger partial charge in [0.05, 0.1) is 7.11 Å². The number of hydrogen-bond acceptors (Lipinski definition) is 2. The van der Waals surface area contributed by atoms with Crippen LogP contribution in [0.4, 0.5) is 0 Å². The van der Waals surface area contributed by atoms with Crippen molar-refractivity contribution in [2.24, 2.45) is 0 Å². The third-order valence-electron chi connectivity index (χ3n) is 4.52. The summed E-state index contributed by atoms with van der Waals surface area (Å²) < 4.78 is 4.59. The third-order valence-corrected chi connectivity index (χ3v) is 4.52. The van der Waals surface area contributed by atoms with Gasteiger partial charge < -0.3 is 4.74 Å². The molecule has 0 unspecified atom stereocenters. The van der Waals surface area contributed by atoms with E-state index < -0.39 is 0 Å². The zero-order valence-corrected chi connectivity index (χ0v) is 14.9. The topological polar surface area (TPSA) is 26.3 Å². The number of methoxy groups -OCH3 is 1. The maximum Gasteiger partial charge on any atom is 0.330 e. The highest BCUT2D eigenvalue weighted by Crippen LogP contribution is 2.19. The fraction of sp³-hybridized carbons (Fsp3) is 0.714. The summed E-state index contributed by atoms with van der Waals surface area (Å²) >= 11 is 0. The first kappa shape index (κ1) is 19.8. The van der Waals surface area contributed by atoms with Crippen LogP contribution < -0.4 is 0 Å². The van der Waals surface area contributed by atoms with Crippen molar-refractivity contribution in [2.45, 2.75) is 89.9 Å². The van der Waals surface area contributed by atoms with Crippen LogP contribution in [0.2, 0.25) is 0 Å². The van der Waals surface area contributed by atoms with Crippen molar-refractivity contribution in [2.75, 3.05) is 7.11 Å². The Morgan fingerprint density at radius 3 is 1.70 bits per heavy atom. The Morgan fingerprint density at radius 1 is 0.826 bits per heavy atom. The lowest BCUT2D eigenvalue weighted by Crippen LogP contribution is -1.92. The summed E-state index contributed by atoms with van der Waals surface area (Å²) in [7, 11) is 1.40. The molecule has 0 bridgehead atoms. The van der Waals surface area contributed by atoms with E-state index in [1.165, 1.54) is 95.8 Å². The van der Waals surface area contributed by atoms with Gasteiger partial charge in [-0.25, -0.2) is 4.79 Å². The van der Waals surface area contributed by atoms with Crippen molar-refractivity contribution < 1.29 is 9.53 Å². The lowest BCUT2D eigenvalue weighted by Gasteiger charge is -2.05. The van der Waals surface area contributed by atoms with Gasteiger partial charge in [0, 0.05) is 6.08 Å². The molecular weight excluding hydrogens is 284 g/mol. The Balaban J connectivity index is 2.49. The molecule has 1 saturated carbocycles. The Labute approximate surface area is 142 Å². The number of hydrogen-bond donors (Lipinski definition) is 0. The van der Waals surface area contributed by atoms with Crippen LogP contribution in [0.3, 0.4) is 0 Å². The Hall–Kier alpha value is -1.27. The van der Waals surface area contributed by atoms with Crippen LogP contribution in [-0.4, -0.2) is 13.1 Å². The van der Waals surface area contributed by atoms with Crippen LogP contribution in [0, 0.1) is 0 Å². The fourth-order valence-corrected chi connectivity index (χ4v) is 3.07. The number of carbonyl (C=O) groups is 1. The second kappa shape index (κ2) is 14.3. The molecule has 0 heterocycles. The monoisotopic (exact) mass is 318 g/mol. The molecule has 0 radical (unpaired) electrons. The largest absolute Gasteiger partial charge is 0.466 e. The van der Waals surface area contributed by atoms with Crippen LogP contribution in [0.1, 0.15) is 89.9 Å². The van der Waals surface area contributed by atoms with E-state index >= 15 is 0 Å². The van der Waals surface area contributed by atoms with Crippen LogP contribution in [-0.2, 0) is 9.53 Å². The predicted molar refractivity (Wildman–Crippen MR) is 97.4 cm³/mol. The van der Waals surface area contributed by atoms with Crippen molar-refractivity contribution in [1.82, 2.24) is 0 Å². The van der Waals surface area contributed by atoms with Gasteiger partial charge in [-0.05, 0) is 43.4 Å². The van der Waals surface area contributed by atoms with Crippen LogP contribution in [0.5, 0.6) is 0 Å². The SMILES string of the molecule is COC(=O)/C=C/C=C=C1CCCCCCCCCCCCCC1. The average Bonchev–Trinajstić information content (AvgIpc) is 2.58. The normalized spacial score (nSPS) is 19.4. The van der Waals surface area contributed by atoms with Gasteiger partial charge in [-0.2, -0.15) is 0 Å². The summed E-state index contributed by atoms with van der Waals surface area (Å²) in [6.07, 6.45) is 23.8. The van der Waals surface area contributed by atoms with Crippen molar-refractivity contribution in [3.8, 4) is 0 Å². The molecule has 0 atom stereocenters. The Kier molecular flexibility index (Phi) is 12.3. The minimum atomic E-state index is -0.310. The number of rotatable bonds is 2. The van der Waals surface area contributed by atoms with Gasteiger partial charge in [0.2, 0.25) is 0 Å². The summed E-state index contributed by atoms with van der Waals surface area (Å²) in [6, 6.07) is 0. The number of ether oxygens (including phenoxy) is 1. The van der Waals surface area contributed by atoms with Gasteiger partial charge in [0.1, 0.15) is 0 Å². The van der Waals surface area contributed by atoms with E-state index in [9.17, 15) is 4.79 Å². The molecule has 23 heavy (non-hydrogen) atoms. The molecule has 0 N–H and O–H groups in total. The molecule has 0 saturated heterocycles. The van der Waals surface area contributed by atoms with Crippen molar-refractivity contribution in [3.05, 3.63) is 29.5 Å². The third kappa shape index (κ3) is 11.9. The van der Waals surface area contributed by atoms with Crippen molar-refractivity contribution in [3.63, 3.8) is 0 Å². The fourth-order valence-electron chi connectivity index (χ4n) is 3.07. The second-order valence-electron chi connectivity index (χ2n) is 6.54. The molecule has 0 spiro atoms. The molecule has 1 aliphatic rings. The highest BCUT2D eigenvalue weighted by Gasteiger charge is 2.00. The van der Waals surface area contributed by atoms with Gasteiger partial charge in [-0.15, -0.1) is 5.73 Å². The summed E-state index contributed by atoms with van der Waals surface area (Å²) in [5, 5.41) is 0. The van der Waals surface area contributed by atoms with Crippen LogP contribution >= 0.6 is 0 Å². The first-order chi connectivity index (χ1) is 11.3. The van der Waals surface area contributed by atoms with E-state index in [0.29, 0.717) is 0 Å². The molecule has 2 nitrogen and oxygen atoms in total. The highest BCUT2D eigenvalue weighted by atomic mass is 16.5. The second-order valence-corrected chi connectivity index (χ2v) is 6.54. The van der Waals surface area contributed by atoms with Gasteiger partial charge in [-0.1, -0.05) is 64.2 Å². The van der Waals surface area contributed by atoms with Crippen LogP contribution in [0.15, 0.2) is 29.5 Å². The van der Waals surface area contributed by atoms with Gasteiger partial charge >= 0.3 is 5.97 Å². The maximum absolute atomic E-state index is 11.0. The molecule has 0 aromatic heterocycles. The highest BCUT2D eigenvalue weighted by molar-refractivity contribution is 5.82. The Morgan fingerprint density at radius 2 is 1.26 bits per heavy atom. The Bertz CT molecular complexity index is 382. The van der Waals surface area contributed by atoms with Crippen molar-refractivity contribution >= 4 is 5.97 Å². The lowest BCUT2D eigenvalue weighted by atomic mass is 10.0. The lowest BCUT2D eigenvalue weighted by molar-refractivity contribution is -0.134. The molecule has 0 aromatic carbocycles. The first-order valence-corrected chi connectivity index (χ1v) is 9.52. The van der Waals surface area contributed by atoms with Gasteiger partial charge in [-0.3, -0.25) is 0 Å². The van der Waals surface area contributed by atoms with Gasteiger partial charge in [0.15, 0.2) is 0 Å². The summed E-state index contributed by atoms with van der Waals surface area (Å²) in [4.78, 5) is 11.0. The molecule has 0 amide bonds. The van der Waals surface area contributed by atoms with Gasteiger partial charge in [0.25, 0.3) is 0 Å². The predicted octanol–water partition coefficient (Wildman–Crippen LogP) is 6.27. The molecule has 1 rings (SSSR count). The number of esters is 1. The van der Waals surface area contributed by atoms with E-state index in [1.54, 1.807) is 6.08 Å². The number of carbonyl (C=O) groups excluding carboxylic acids is 1. The molecular formula is C21H34O2. The molecule has 1 aliphatic carbocycles. The average molecular weight is 319 g/mol. The van der Waals surface area contributed by atoms with Crippen LogP contribution in [0.25, 0.3) is 0 Å². The van der Waals surface area contributed by atoms with E-state index in [1.807, 2.05) is 6.08 Å². The standard InChI is InChI=1S/C21H34O2/c1-23-21(22)19-15-14-18-20-16-12-10-8-6-4-2-3-5-7-9-11-13-17-20/h14-15,19H,2-13,16-17H2,1H3/b19-15+.